The maximum absolute atomic E-state index is 14.1. The Morgan fingerprint density at radius 1 is 0.865 bits per heavy atom. The first-order valence-corrected chi connectivity index (χ1v) is 12.3. The molecule has 0 amide bonds. The van der Waals surface area contributed by atoms with Gasteiger partial charge in [0, 0.05) is 12.1 Å². The van der Waals surface area contributed by atoms with Gasteiger partial charge in [-0.3, -0.25) is 20.2 Å². The van der Waals surface area contributed by atoms with Crippen LogP contribution in [0.5, 0.6) is 0 Å². The number of nitrogens with zero attached hydrogens (tertiary/aromatic N) is 7. The molecule has 1 unspecified atom stereocenters. The van der Waals surface area contributed by atoms with Crippen LogP contribution in [0.2, 0.25) is 0 Å². The molecule has 186 valence electrons. The molecule has 14 heteroatoms. The number of hydrogen-bond acceptors (Lipinski definition) is 9. The lowest BCUT2D eigenvalue weighted by molar-refractivity contribution is -0.386. The molecule has 0 aliphatic carbocycles. The molecule has 2 aromatic heterocycles. The molecule has 0 saturated heterocycles. The van der Waals surface area contributed by atoms with Crippen molar-refractivity contribution in [3.05, 3.63) is 110 Å². The summed E-state index contributed by atoms with van der Waals surface area (Å²) in [6, 6.07) is 19.2. The van der Waals surface area contributed by atoms with Crippen molar-refractivity contribution >= 4 is 32.2 Å². The van der Waals surface area contributed by atoms with Gasteiger partial charge in [-0.25, -0.2) is 17.8 Å². The average Bonchev–Trinajstić information content (AvgIpc) is 3.46. The van der Waals surface area contributed by atoms with Crippen LogP contribution >= 0.6 is 0 Å². The molecule has 1 atom stereocenters. The van der Waals surface area contributed by atoms with Gasteiger partial charge < -0.3 is 0 Å². The number of para-hydroxylation sites is 1. The Labute approximate surface area is 208 Å². The maximum Gasteiger partial charge on any atom is 0.316 e. The number of hydrogen-bond donors (Lipinski definition) is 0. The Morgan fingerprint density at radius 3 is 2.16 bits per heavy atom. The van der Waals surface area contributed by atoms with Gasteiger partial charge in [-0.2, -0.15) is 5.10 Å². The number of nitro benzene ring substituents is 1. The van der Waals surface area contributed by atoms with Crippen molar-refractivity contribution in [3.8, 4) is 5.69 Å². The molecule has 0 aliphatic heterocycles. The highest BCUT2D eigenvalue weighted by Crippen LogP contribution is 2.39. The van der Waals surface area contributed by atoms with E-state index >= 15 is 0 Å². The predicted molar refractivity (Wildman–Crippen MR) is 131 cm³/mol. The first kappa shape index (κ1) is 23.7. The van der Waals surface area contributed by atoms with Crippen molar-refractivity contribution in [2.75, 3.05) is 0 Å². The van der Waals surface area contributed by atoms with Crippen molar-refractivity contribution < 1.29 is 18.3 Å². The zero-order valence-electron chi connectivity index (χ0n) is 19.1. The van der Waals surface area contributed by atoms with E-state index in [-0.39, 0.29) is 27.7 Å². The van der Waals surface area contributed by atoms with Crippen molar-refractivity contribution in [1.82, 2.24) is 24.8 Å². The fraction of sp³-hybridized carbons (Fsp3) is 0.0870. The van der Waals surface area contributed by atoms with Gasteiger partial charge in [0.2, 0.25) is 15.2 Å². The van der Waals surface area contributed by atoms with Crippen LogP contribution in [-0.2, 0) is 9.84 Å². The molecule has 0 saturated carbocycles. The van der Waals surface area contributed by atoms with E-state index in [1.165, 1.54) is 55.5 Å². The van der Waals surface area contributed by atoms with Crippen LogP contribution in [0.4, 0.5) is 11.4 Å². The van der Waals surface area contributed by atoms with Gasteiger partial charge in [0.15, 0.2) is 5.69 Å². The molecular weight excluding hydrogens is 502 g/mol. The van der Waals surface area contributed by atoms with E-state index in [4.69, 9.17) is 0 Å². The van der Waals surface area contributed by atoms with Crippen molar-refractivity contribution in [1.29, 1.82) is 0 Å². The Kier molecular flexibility index (Phi) is 5.72. The van der Waals surface area contributed by atoms with Crippen LogP contribution in [0.25, 0.3) is 16.7 Å². The summed E-state index contributed by atoms with van der Waals surface area (Å²) in [4.78, 5) is 22.0. The maximum atomic E-state index is 14.1. The van der Waals surface area contributed by atoms with Gasteiger partial charge in [-0.15, -0.1) is 5.10 Å². The standard InChI is InChI=1S/C23H17N7O6S/c1-15-21(30(33)34)22(27(25-15)16-11-13-17(14-12-16)29(31)32)23(37(35,36)18-7-3-2-4-8-18)28-20-10-6-5-9-19(20)24-26-28/h2-14,23H,1H3. The van der Waals surface area contributed by atoms with Crippen LogP contribution in [0.3, 0.4) is 0 Å². The molecule has 2 heterocycles. The second-order valence-electron chi connectivity index (χ2n) is 7.99. The molecule has 13 nitrogen and oxygen atoms in total. The minimum absolute atomic E-state index is 0.0453. The lowest BCUT2D eigenvalue weighted by atomic mass is 10.2. The summed E-state index contributed by atoms with van der Waals surface area (Å²) in [7, 11) is -4.38. The highest BCUT2D eigenvalue weighted by Gasteiger charge is 2.43. The molecule has 0 radical (unpaired) electrons. The second-order valence-corrected chi connectivity index (χ2v) is 10.0. The number of benzene rings is 3. The smallest absolute Gasteiger partial charge is 0.258 e. The van der Waals surface area contributed by atoms with Crippen molar-refractivity contribution in [2.45, 2.75) is 17.2 Å². The number of aryl methyl sites for hydroxylation is 1. The first-order valence-electron chi connectivity index (χ1n) is 10.8. The second kappa shape index (κ2) is 8.91. The number of aromatic nitrogens is 5. The van der Waals surface area contributed by atoms with Crippen LogP contribution in [-0.4, -0.2) is 43.0 Å². The monoisotopic (exact) mass is 519 g/mol. The predicted octanol–water partition coefficient (Wildman–Crippen LogP) is 3.76. The van der Waals surface area contributed by atoms with Gasteiger partial charge in [0.1, 0.15) is 11.2 Å². The van der Waals surface area contributed by atoms with Gasteiger partial charge in [-0.1, -0.05) is 35.5 Å². The third kappa shape index (κ3) is 3.98. The summed E-state index contributed by atoms with van der Waals surface area (Å²) in [5, 5.41) is 34.1. The Hall–Kier alpha value is -4.98. The zero-order chi connectivity index (χ0) is 26.3. The van der Waals surface area contributed by atoms with Gasteiger partial charge >= 0.3 is 5.69 Å². The van der Waals surface area contributed by atoms with Gasteiger partial charge in [0.25, 0.3) is 5.69 Å². The van der Waals surface area contributed by atoms with Gasteiger partial charge in [0.05, 0.1) is 25.9 Å². The lowest BCUT2D eigenvalue weighted by Gasteiger charge is -2.19. The third-order valence-corrected chi connectivity index (χ3v) is 7.69. The van der Waals surface area contributed by atoms with E-state index in [0.29, 0.717) is 11.0 Å². The van der Waals surface area contributed by atoms with Gasteiger partial charge in [-0.05, 0) is 43.3 Å². The highest BCUT2D eigenvalue weighted by atomic mass is 32.2. The number of nitro groups is 2. The summed E-state index contributed by atoms with van der Waals surface area (Å²) >= 11 is 0. The molecule has 5 rings (SSSR count). The van der Waals surface area contributed by atoms with Crippen molar-refractivity contribution in [2.24, 2.45) is 0 Å². The summed E-state index contributed by atoms with van der Waals surface area (Å²) in [6.45, 7) is 1.38. The molecule has 5 aromatic rings. The average molecular weight is 519 g/mol. The van der Waals surface area contributed by atoms with E-state index in [2.05, 4.69) is 15.4 Å². The van der Waals surface area contributed by atoms with E-state index < -0.39 is 30.7 Å². The van der Waals surface area contributed by atoms with E-state index in [1.54, 1.807) is 30.3 Å². The van der Waals surface area contributed by atoms with Crippen LogP contribution in [0.1, 0.15) is 16.8 Å². The van der Waals surface area contributed by atoms with E-state index in [9.17, 15) is 28.6 Å². The molecule has 3 aromatic carbocycles. The number of fused-ring (bicyclic) bond motifs is 1. The van der Waals surface area contributed by atoms with Crippen LogP contribution < -0.4 is 0 Å². The SMILES string of the molecule is Cc1nn(-c2ccc([N+](=O)[O-])cc2)c(C(n2nnc3ccccc32)S(=O)(=O)c2ccccc2)c1[N+](=O)[O-]. The number of non-ortho nitro benzene ring substituents is 1. The fourth-order valence-electron chi connectivity index (χ4n) is 4.09. The fourth-order valence-corrected chi connectivity index (χ4v) is 5.81. The highest BCUT2D eigenvalue weighted by molar-refractivity contribution is 7.91. The largest absolute Gasteiger partial charge is 0.316 e. The zero-order valence-corrected chi connectivity index (χ0v) is 19.9. The minimum atomic E-state index is -4.38. The lowest BCUT2D eigenvalue weighted by Crippen LogP contribution is -2.26. The van der Waals surface area contributed by atoms with Crippen LogP contribution in [0, 0.1) is 27.2 Å². The first-order chi connectivity index (χ1) is 17.7. The quantitative estimate of drug-likeness (QED) is 0.229. The third-order valence-electron chi connectivity index (χ3n) is 5.75. The molecule has 0 N–H and O–H groups in total. The Bertz CT molecular complexity index is 1760. The summed E-state index contributed by atoms with van der Waals surface area (Å²) < 4.78 is 30.5. The van der Waals surface area contributed by atoms with Crippen LogP contribution in [0.15, 0.2) is 83.8 Å². The Morgan fingerprint density at radius 2 is 1.51 bits per heavy atom. The summed E-state index contributed by atoms with van der Waals surface area (Å²) in [6.07, 6.45) is 0. The minimum Gasteiger partial charge on any atom is -0.258 e. The molecule has 37 heavy (non-hydrogen) atoms. The summed E-state index contributed by atoms with van der Waals surface area (Å²) in [5.41, 5.74) is -0.171. The molecule has 0 spiro atoms. The molecule has 0 fully saturated rings. The molecule has 0 bridgehead atoms. The van der Waals surface area contributed by atoms with E-state index in [0.717, 1.165) is 9.36 Å². The molecular formula is C23H17N7O6S. The number of rotatable bonds is 7. The normalized spacial score (nSPS) is 12.5. The Balaban J connectivity index is 1.87. The summed E-state index contributed by atoms with van der Waals surface area (Å²) in [5.74, 6) is 0. The topological polar surface area (TPSA) is 169 Å². The number of sulfone groups is 1. The molecule has 0 aliphatic rings. The van der Waals surface area contributed by atoms with E-state index in [1.807, 2.05) is 0 Å². The van der Waals surface area contributed by atoms with Crippen molar-refractivity contribution in [3.63, 3.8) is 0 Å².